The number of hydrogen-bond donors (Lipinski definition) is 2. The molecule has 1 amide bonds. The van der Waals surface area contributed by atoms with Crippen LogP contribution in [0.3, 0.4) is 0 Å². The summed E-state index contributed by atoms with van der Waals surface area (Å²) in [6, 6.07) is 8.02. The number of hydrogen-bond acceptors (Lipinski definition) is 4. The molecular formula is C20H23FN6O. The normalized spacial score (nSPS) is 14.3. The molecule has 0 bridgehead atoms. The van der Waals surface area contributed by atoms with Gasteiger partial charge in [0.1, 0.15) is 5.82 Å². The number of nitrogens with zero attached hydrogens (tertiary/aromatic N) is 4. The Morgan fingerprint density at radius 1 is 1.14 bits per heavy atom. The Morgan fingerprint density at radius 3 is 2.57 bits per heavy atom. The van der Waals surface area contributed by atoms with E-state index in [9.17, 15) is 9.18 Å². The fourth-order valence-electron chi connectivity index (χ4n) is 3.70. The van der Waals surface area contributed by atoms with Crippen LogP contribution in [0.25, 0.3) is 5.69 Å². The van der Waals surface area contributed by atoms with E-state index in [1.807, 2.05) is 24.5 Å². The van der Waals surface area contributed by atoms with Gasteiger partial charge >= 0.3 is 0 Å². The summed E-state index contributed by atoms with van der Waals surface area (Å²) in [7, 11) is 0. The summed E-state index contributed by atoms with van der Waals surface area (Å²) in [6.45, 7) is 5.65. The summed E-state index contributed by atoms with van der Waals surface area (Å²) in [5, 5.41) is 9.81. The standard InChI is InChI=1S/C20H23FN6O/c1-13-12-17(14(2)27(13)16-8-6-15(21)7-9-16)18(28)22-19-23-20(25-24-19)26-10-4-3-5-11-26/h6-9,12H,3-5,10-11H2,1-2H3,(H2,22,23,24,25,28). The molecule has 1 aliphatic rings. The maximum Gasteiger partial charge on any atom is 0.259 e. The predicted molar refractivity (Wildman–Crippen MR) is 106 cm³/mol. The number of carbonyl (C=O) groups excluding carboxylic acids is 1. The summed E-state index contributed by atoms with van der Waals surface area (Å²) in [5.74, 6) is 0.394. The predicted octanol–water partition coefficient (Wildman–Crippen LogP) is 3.59. The number of aromatic nitrogens is 4. The molecule has 28 heavy (non-hydrogen) atoms. The van der Waals surface area contributed by atoms with E-state index < -0.39 is 0 Å². The summed E-state index contributed by atoms with van der Waals surface area (Å²) in [5.41, 5.74) is 3.01. The first-order chi connectivity index (χ1) is 13.5. The van der Waals surface area contributed by atoms with Crippen molar-refractivity contribution in [2.75, 3.05) is 23.3 Å². The van der Waals surface area contributed by atoms with Crippen molar-refractivity contribution in [3.05, 3.63) is 53.1 Å². The van der Waals surface area contributed by atoms with E-state index >= 15 is 0 Å². The zero-order valence-electron chi connectivity index (χ0n) is 16.0. The first-order valence-corrected chi connectivity index (χ1v) is 9.46. The van der Waals surface area contributed by atoms with Crippen LogP contribution in [0, 0.1) is 19.7 Å². The second-order valence-corrected chi connectivity index (χ2v) is 7.08. The second-order valence-electron chi connectivity index (χ2n) is 7.08. The molecule has 0 radical (unpaired) electrons. The van der Waals surface area contributed by atoms with Gasteiger partial charge in [0.25, 0.3) is 5.91 Å². The minimum absolute atomic E-state index is 0.261. The first-order valence-electron chi connectivity index (χ1n) is 9.46. The van der Waals surface area contributed by atoms with Gasteiger partial charge in [-0.15, -0.1) is 5.10 Å². The molecule has 0 saturated carbocycles. The Labute approximate surface area is 162 Å². The number of anilines is 2. The van der Waals surface area contributed by atoms with Crippen molar-refractivity contribution in [2.45, 2.75) is 33.1 Å². The van der Waals surface area contributed by atoms with Crippen LogP contribution in [-0.2, 0) is 0 Å². The first kappa shape index (κ1) is 18.2. The molecule has 0 unspecified atom stereocenters. The Kier molecular flexibility index (Phi) is 4.85. The van der Waals surface area contributed by atoms with Crippen molar-refractivity contribution < 1.29 is 9.18 Å². The molecule has 0 aliphatic carbocycles. The summed E-state index contributed by atoms with van der Waals surface area (Å²) < 4.78 is 15.1. The van der Waals surface area contributed by atoms with Crippen LogP contribution in [0.4, 0.5) is 16.3 Å². The zero-order chi connectivity index (χ0) is 19.7. The fourth-order valence-corrected chi connectivity index (χ4v) is 3.70. The van der Waals surface area contributed by atoms with Gasteiger partial charge in [-0.1, -0.05) is 0 Å². The molecule has 146 valence electrons. The molecule has 3 aromatic rings. The smallest absolute Gasteiger partial charge is 0.259 e. The number of piperidine rings is 1. The Morgan fingerprint density at radius 2 is 1.86 bits per heavy atom. The highest BCUT2D eigenvalue weighted by atomic mass is 19.1. The van der Waals surface area contributed by atoms with Crippen molar-refractivity contribution in [1.29, 1.82) is 0 Å². The second kappa shape index (κ2) is 7.46. The van der Waals surface area contributed by atoms with Gasteiger partial charge < -0.3 is 9.47 Å². The third-order valence-electron chi connectivity index (χ3n) is 5.11. The van der Waals surface area contributed by atoms with Crippen LogP contribution in [0.15, 0.2) is 30.3 Å². The van der Waals surface area contributed by atoms with E-state index in [4.69, 9.17) is 0 Å². The maximum absolute atomic E-state index is 13.2. The Bertz CT molecular complexity index is 985. The molecule has 7 nitrogen and oxygen atoms in total. The van der Waals surface area contributed by atoms with E-state index in [0.717, 1.165) is 43.0 Å². The van der Waals surface area contributed by atoms with E-state index in [0.29, 0.717) is 17.5 Å². The van der Waals surface area contributed by atoms with Gasteiger partial charge in [0, 0.05) is 30.2 Å². The summed E-state index contributed by atoms with van der Waals surface area (Å²) >= 11 is 0. The monoisotopic (exact) mass is 382 g/mol. The van der Waals surface area contributed by atoms with Gasteiger partial charge in [-0.2, -0.15) is 4.98 Å². The van der Waals surface area contributed by atoms with E-state index in [1.165, 1.54) is 18.6 Å². The van der Waals surface area contributed by atoms with E-state index in [2.05, 4.69) is 25.4 Å². The Hall–Kier alpha value is -3.16. The Balaban J connectivity index is 1.53. The molecule has 0 spiro atoms. The lowest BCUT2D eigenvalue weighted by atomic mass is 10.1. The lowest BCUT2D eigenvalue weighted by Gasteiger charge is -2.24. The fraction of sp³-hybridized carbons (Fsp3) is 0.350. The van der Waals surface area contributed by atoms with E-state index in [1.54, 1.807) is 12.1 Å². The third kappa shape index (κ3) is 3.49. The molecule has 1 aromatic carbocycles. The van der Waals surface area contributed by atoms with Crippen LogP contribution in [-0.4, -0.2) is 38.7 Å². The molecule has 8 heteroatoms. The topological polar surface area (TPSA) is 78.8 Å². The van der Waals surface area contributed by atoms with Gasteiger partial charge in [0.2, 0.25) is 11.9 Å². The molecule has 2 N–H and O–H groups in total. The van der Waals surface area contributed by atoms with Crippen LogP contribution >= 0.6 is 0 Å². The molecule has 4 rings (SSSR count). The van der Waals surface area contributed by atoms with Crippen molar-refractivity contribution in [3.8, 4) is 5.69 Å². The largest absolute Gasteiger partial charge is 0.340 e. The zero-order valence-corrected chi connectivity index (χ0v) is 16.0. The average Bonchev–Trinajstić information content (AvgIpc) is 3.28. The van der Waals surface area contributed by atoms with Crippen molar-refractivity contribution >= 4 is 17.8 Å². The van der Waals surface area contributed by atoms with E-state index in [-0.39, 0.29) is 11.7 Å². The van der Waals surface area contributed by atoms with Gasteiger partial charge in [0.05, 0.1) is 5.56 Å². The highest BCUT2D eigenvalue weighted by Crippen LogP contribution is 2.22. The highest BCUT2D eigenvalue weighted by molar-refractivity contribution is 6.04. The molecular weight excluding hydrogens is 359 g/mol. The molecule has 1 saturated heterocycles. The third-order valence-corrected chi connectivity index (χ3v) is 5.11. The molecule has 2 aromatic heterocycles. The number of amides is 1. The highest BCUT2D eigenvalue weighted by Gasteiger charge is 2.20. The van der Waals surface area contributed by atoms with Gasteiger partial charge in [-0.05, 0) is 63.4 Å². The number of carbonyl (C=O) groups is 1. The van der Waals surface area contributed by atoms with Gasteiger partial charge in [0.15, 0.2) is 0 Å². The minimum Gasteiger partial charge on any atom is -0.340 e. The number of rotatable bonds is 4. The number of nitrogens with one attached hydrogen (secondary N) is 2. The number of benzene rings is 1. The van der Waals surface area contributed by atoms with Crippen molar-refractivity contribution in [1.82, 2.24) is 19.7 Å². The van der Waals surface area contributed by atoms with Gasteiger partial charge in [-0.25, -0.2) is 9.49 Å². The molecule has 1 fully saturated rings. The SMILES string of the molecule is Cc1cc(C(=O)Nc2nc(N3CCCCC3)n[nH]2)c(C)n1-c1ccc(F)cc1. The number of halogens is 1. The average molecular weight is 382 g/mol. The summed E-state index contributed by atoms with van der Waals surface area (Å²) in [4.78, 5) is 19.3. The molecule has 0 atom stereocenters. The number of H-pyrrole nitrogens is 1. The molecule has 1 aliphatic heterocycles. The maximum atomic E-state index is 13.2. The van der Waals surface area contributed by atoms with Gasteiger partial charge in [-0.3, -0.25) is 10.1 Å². The van der Waals surface area contributed by atoms with Crippen LogP contribution < -0.4 is 10.2 Å². The van der Waals surface area contributed by atoms with Crippen LogP contribution in [0.1, 0.15) is 41.0 Å². The summed E-state index contributed by atoms with van der Waals surface area (Å²) in [6.07, 6.45) is 3.49. The number of aryl methyl sites for hydroxylation is 1. The minimum atomic E-state index is -0.293. The van der Waals surface area contributed by atoms with Crippen LogP contribution in [0.2, 0.25) is 0 Å². The van der Waals surface area contributed by atoms with Crippen molar-refractivity contribution in [2.24, 2.45) is 0 Å². The van der Waals surface area contributed by atoms with Crippen molar-refractivity contribution in [3.63, 3.8) is 0 Å². The quantitative estimate of drug-likeness (QED) is 0.723. The lowest BCUT2D eigenvalue weighted by molar-refractivity contribution is 0.102. The lowest BCUT2D eigenvalue weighted by Crippen LogP contribution is -2.30. The number of aromatic amines is 1. The van der Waals surface area contributed by atoms with Crippen LogP contribution in [0.5, 0.6) is 0 Å². The molecule has 3 heterocycles.